The Kier molecular flexibility index (Phi) is 4.45. The number of carbonyl (C=O) groups is 1. The van der Waals surface area contributed by atoms with Crippen LogP contribution in [0.5, 0.6) is 0 Å². The molecular formula is C14H18BrFN2O. The molecule has 1 aliphatic rings. The lowest BCUT2D eigenvalue weighted by molar-refractivity contribution is -0.130. The fourth-order valence-corrected chi connectivity index (χ4v) is 2.77. The minimum atomic E-state index is -0.336. The first-order valence-electron chi connectivity index (χ1n) is 6.50. The van der Waals surface area contributed by atoms with Crippen LogP contribution in [-0.2, 0) is 4.79 Å². The van der Waals surface area contributed by atoms with Gasteiger partial charge in [0.05, 0.1) is 4.47 Å². The van der Waals surface area contributed by atoms with Gasteiger partial charge in [-0.15, -0.1) is 0 Å². The number of hydrogen-bond donors (Lipinski definition) is 1. The number of aryl methyl sites for hydroxylation is 1. The lowest BCUT2D eigenvalue weighted by Gasteiger charge is -2.22. The summed E-state index contributed by atoms with van der Waals surface area (Å²) in [5, 5.41) is 3.10. The van der Waals surface area contributed by atoms with Crippen LogP contribution in [0.1, 0.15) is 25.3 Å². The molecule has 1 amide bonds. The first kappa shape index (κ1) is 14.3. The smallest absolute Gasteiger partial charge is 0.244 e. The number of nitrogens with one attached hydrogen (secondary N) is 1. The third kappa shape index (κ3) is 3.26. The first-order chi connectivity index (χ1) is 8.99. The fraction of sp³-hybridized carbons (Fsp3) is 0.500. The Morgan fingerprint density at radius 3 is 2.68 bits per heavy atom. The molecule has 1 atom stereocenters. The summed E-state index contributed by atoms with van der Waals surface area (Å²) in [6, 6.07) is 2.80. The van der Waals surface area contributed by atoms with E-state index in [0.29, 0.717) is 10.2 Å². The van der Waals surface area contributed by atoms with Gasteiger partial charge in [0, 0.05) is 18.8 Å². The number of nitrogens with zero attached hydrogens (tertiary/aromatic N) is 1. The maximum absolute atomic E-state index is 13.5. The summed E-state index contributed by atoms with van der Waals surface area (Å²) in [6.07, 6.45) is 2.15. The highest BCUT2D eigenvalue weighted by atomic mass is 79.9. The molecule has 1 aromatic carbocycles. The summed E-state index contributed by atoms with van der Waals surface area (Å²) in [4.78, 5) is 14.0. The molecule has 1 N–H and O–H groups in total. The largest absolute Gasteiger partial charge is 0.374 e. The van der Waals surface area contributed by atoms with E-state index in [4.69, 9.17) is 0 Å². The second-order valence-electron chi connectivity index (χ2n) is 4.98. The monoisotopic (exact) mass is 328 g/mol. The van der Waals surface area contributed by atoms with Crippen molar-refractivity contribution in [2.45, 2.75) is 32.7 Å². The molecule has 1 aromatic rings. The van der Waals surface area contributed by atoms with Crippen LogP contribution in [0.2, 0.25) is 0 Å². The van der Waals surface area contributed by atoms with E-state index in [1.165, 1.54) is 6.07 Å². The van der Waals surface area contributed by atoms with Crippen LogP contribution in [0.3, 0.4) is 0 Å². The average molecular weight is 329 g/mol. The van der Waals surface area contributed by atoms with Crippen molar-refractivity contribution in [1.82, 2.24) is 4.90 Å². The number of amides is 1. The zero-order chi connectivity index (χ0) is 14.0. The molecule has 1 aliphatic heterocycles. The summed E-state index contributed by atoms with van der Waals surface area (Å²) in [6.45, 7) is 5.37. The van der Waals surface area contributed by atoms with E-state index in [1.54, 1.807) is 6.07 Å². The Balaban J connectivity index is 2.08. The summed E-state index contributed by atoms with van der Waals surface area (Å²) in [5.41, 5.74) is 1.58. The zero-order valence-corrected chi connectivity index (χ0v) is 12.8. The predicted molar refractivity (Wildman–Crippen MR) is 77.7 cm³/mol. The molecule has 0 aliphatic carbocycles. The van der Waals surface area contributed by atoms with Gasteiger partial charge in [-0.25, -0.2) is 4.39 Å². The molecule has 1 heterocycles. The van der Waals surface area contributed by atoms with Crippen LogP contribution >= 0.6 is 15.9 Å². The molecule has 0 bridgehead atoms. The van der Waals surface area contributed by atoms with Crippen LogP contribution in [0.25, 0.3) is 0 Å². The maximum atomic E-state index is 13.5. The number of benzene rings is 1. The van der Waals surface area contributed by atoms with Gasteiger partial charge in [-0.05, 0) is 60.3 Å². The van der Waals surface area contributed by atoms with Crippen molar-refractivity contribution in [3.05, 3.63) is 28.0 Å². The van der Waals surface area contributed by atoms with E-state index in [9.17, 15) is 9.18 Å². The number of anilines is 1. The second-order valence-corrected chi connectivity index (χ2v) is 5.83. The lowest BCUT2D eigenvalue weighted by atomic mass is 10.1. The van der Waals surface area contributed by atoms with Crippen LogP contribution in [0.4, 0.5) is 10.1 Å². The van der Waals surface area contributed by atoms with Crippen molar-refractivity contribution in [1.29, 1.82) is 0 Å². The van der Waals surface area contributed by atoms with Gasteiger partial charge < -0.3 is 10.2 Å². The molecule has 0 radical (unpaired) electrons. The van der Waals surface area contributed by atoms with Gasteiger partial charge in [-0.3, -0.25) is 4.79 Å². The summed E-state index contributed by atoms with van der Waals surface area (Å²) >= 11 is 3.15. The van der Waals surface area contributed by atoms with Crippen LogP contribution in [0.15, 0.2) is 16.6 Å². The molecule has 5 heteroatoms. The van der Waals surface area contributed by atoms with Gasteiger partial charge in [0.25, 0.3) is 0 Å². The quantitative estimate of drug-likeness (QED) is 0.923. The normalized spacial score (nSPS) is 16.5. The topological polar surface area (TPSA) is 32.3 Å². The van der Waals surface area contributed by atoms with Crippen molar-refractivity contribution < 1.29 is 9.18 Å². The van der Waals surface area contributed by atoms with Gasteiger partial charge in [0.15, 0.2) is 0 Å². The van der Waals surface area contributed by atoms with Crippen LogP contribution < -0.4 is 5.32 Å². The third-order valence-corrected chi connectivity index (χ3v) is 4.04. The summed E-state index contributed by atoms with van der Waals surface area (Å²) < 4.78 is 14.0. The number of hydrogen-bond acceptors (Lipinski definition) is 2. The fourth-order valence-electron chi connectivity index (χ4n) is 2.31. The van der Waals surface area contributed by atoms with E-state index < -0.39 is 0 Å². The van der Waals surface area contributed by atoms with Gasteiger partial charge >= 0.3 is 0 Å². The van der Waals surface area contributed by atoms with Gasteiger partial charge in [0.2, 0.25) is 5.91 Å². The van der Waals surface area contributed by atoms with Gasteiger partial charge in [-0.2, -0.15) is 0 Å². The van der Waals surface area contributed by atoms with E-state index in [2.05, 4.69) is 21.2 Å². The highest BCUT2D eigenvalue weighted by Crippen LogP contribution is 2.24. The molecule has 2 rings (SSSR count). The standard InChI is InChI=1S/C14H18BrFN2O/c1-9-7-11(15)12(16)8-13(9)17-10(2)14(19)18-5-3-4-6-18/h7-8,10,17H,3-6H2,1-2H3. The molecule has 1 unspecified atom stereocenters. The molecular weight excluding hydrogens is 311 g/mol. The number of carbonyl (C=O) groups excluding carboxylic acids is 1. The summed E-state index contributed by atoms with van der Waals surface area (Å²) in [7, 11) is 0. The molecule has 0 spiro atoms. The van der Waals surface area contributed by atoms with E-state index >= 15 is 0 Å². The van der Waals surface area contributed by atoms with Crippen molar-refractivity contribution in [3.63, 3.8) is 0 Å². The van der Waals surface area contributed by atoms with E-state index in [0.717, 1.165) is 31.5 Å². The third-order valence-electron chi connectivity index (χ3n) is 3.43. The second kappa shape index (κ2) is 5.90. The molecule has 19 heavy (non-hydrogen) atoms. The molecule has 0 saturated carbocycles. The van der Waals surface area contributed by atoms with Gasteiger partial charge in [0.1, 0.15) is 11.9 Å². The number of halogens is 2. The minimum absolute atomic E-state index is 0.0835. The first-order valence-corrected chi connectivity index (χ1v) is 7.29. The molecule has 1 saturated heterocycles. The number of likely N-dealkylation sites (tertiary alicyclic amines) is 1. The Labute approximate surface area is 121 Å². The van der Waals surface area contributed by atoms with Gasteiger partial charge in [-0.1, -0.05) is 0 Å². The van der Waals surface area contributed by atoms with Crippen LogP contribution in [0, 0.1) is 12.7 Å². The Morgan fingerprint density at radius 1 is 1.42 bits per heavy atom. The maximum Gasteiger partial charge on any atom is 0.244 e. The molecule has 3 nitrogen and oxygen atoms in total. The average Bonchev–Trinajstić information content (AvgIpc) is 2.88. The van der Waals surface area contributed by atoms with Crippen molar-refractivity contribution >= 4 is 27.5 Å². The lowest BCUT2D eigenvalue weighted by Crippen LogP contribution is -2.39. The van der Waals surface area contributed by atoms with E-state index in [1.807, 2.05) is 18.7 Å². The van der Waals surface area contributed by atoms with Crippen molar-refractivity contribution in [3.8, 4) is 0 Å². The highest BCUT2D eigenvalue weighted by molar-refractivity contribution is 9.10. The predicted octanol–water partition coefficient (Wildman–Crippen LogP) is 3.32. The summed E-state index contributed by atoms with van der Waals surface area (Å²) in [5.74, 6) is -0.242. The van der Waals surface area contributed by atoms with Crippen molar-refractivity contribution in [2.24, 2.45) is 0 Å². The molecule has 1 fully saturated rings. The zero-order valence-electron chi connectivity index (χ0n) is 11.2. The van der Waals surface area contributed by atoms with Crippen LogP contribution in [-0.4, -0.2) is 29.9 Å². The number of rotatable bonds is 3. The highest BCUT2D eigenvalue weighted by Gasteiger charge is 2.23. The molecule has 104 valence electrons. The minimum Gasteiger partial charge on any atom is -0.374 e. The Morgan fingerprint density at radius 2 is 2.05 bits per heavy atom. The van der Waals surface area contributed by atoms with E-state index in [-0.39, 0.29) is 17.8 Å². The van der Waals surface area contributed by atoms with Crippen molar-refractivity contribution in [2.75, 3.05) is 18.4 Å². The SMILES string of the molecule is Cc1cc(Br)c(F)cc1NC(C)C(=O)N1CCCC1. The Hall–Kier alpha value is -1.10. The Bertz CT molecular complexity index is 487. The molecule has 0 aromatic heterocycles.